The number of methoxy groups -OCH3 is 1. The van der Waals surface area contributed by atoms with Crippen molar-refractivity contribution in [2.24, 2.45) is 17.1 Å². The summed E-state index contributed by atoms with van der Waals surface area (Å²) in [5, 5.41) is 11.6. The van der Waals surface area contributed by atoms with E-state index in [1.54, 1.807) is 7.11 Å². The van der Waals surface area contributed by atoms with Crippen LogP contribution >= 0.6 is 0 Å². The van der Waals surface area contributed by atoms with Crippen molar-refractivity contribution in [3.8, 4) is 0 Å². The van der Waals surface area contributed by atoms with E-state index in [0.717, 1.165) is 31.2 Å². The van der Waals surface area contributed by atoms with Crippen molar-refractivity contribution >= 4 is 0 Å². The molecule has 0 heterocycles. The number of nitrogens with two attached hydrogens (primary N) is 1. The van der Waals surface area contributed by atoms with Gasteiger partial charge >= 0.3 is 0 Å². The normalized spacial score (nSPS) is 29.0. The van der Waals surface area contributed by atoms with Gasteiger partial charge in [-0.15, -0.1) is 0 Å². The summed E-state index contributed by atoms with van der Waals surface area (Å²) < 4.78 is 5.40. The monoisotopic (exact) mass is 291 g/mol. The molecule has 3 heteroatoms. The van der Waals surface area contributed by atoms with Crippen molar-refractivity contribution in [3.05, 3.63) is 35.9 Å². The average molecular weight is 291 g/mol. The Balaban J connectivity index is 2.43. The highest BCUT2D eigenvalue weighted by molar-refractivity contribution is 5.26. The van der Waals surface area contributed by atoms with Crippen LogP contribution in [0.5, 0.6) is 0 Å². The first kappa shape index (κ1) is 16.5. The second-order valence-corrected chi connectivity index (χ2v) is 6.51. The number of aliphatic hydroxyl groups is 1. The SMILES string of the molecule is CCC1CCCC(CN)(C(O)(COC)c2ccccc2)C1. The summed E-state index contributed by atoms with van der Waals surface area (Å²) in [7, 11) is 1.65. The summed E-state index contributed by atoms with van der Waals surface area (Å²) >= 11 is 0. The number of rotatable bonds is 6. The van der Waals surface area contributed by atoms with E-state index in [0.29, 0.717) is 19.1 Å². The molecule has 1 fully saturated rings. The number of ether oxygens (including phenoxy) is 1. The molecule has 3 atom stereocenters. The van der Waals surface area contributed by atoms with Crippen molar-refractivity contribution in [1.82, 2.24) is 0 Å². The van der Waals surface area contributed by atoms with Crippen molar-refractivity contribution in [1.29, 1.82) is 0 Å². The van der Waals surface area contributed by atoms with Gasteiger partial charge in [0, 0.05) is 19.1 Å². The van der Waals surface area contributed by atoms with Gasteiger partial charge in [0.15, 0.2) is 0 Å². The molecule has 21 heavy (non-hydrogen) atoms. The Hall–Kier alpha value is -0.900. The Morgan fingerprint density at radius 3 is 2.67 bits per heavy atom. The summed E-state index contributed by atoms with van der Waals surface area (Å²) in [6.45, 7) is 3.03. The molecule has 1 saturated carbocycles. The molecule has 1 aliphatic rings. The van der Waals surface area contributed by atoms with E-state index in [2.05, 4.69) is 6.92 Å². The molecule has 0 saturated heterocycles. The quantitative estimate of drug-likeness (QED) is 0.847. The van der Waals surface area contributed by atoms with E-state index in [4.69, 9.17) is 10.5 Å². The minimum Gasteiger partial charge on any atom is -0.382 e. The zero-order valence-corrected chi connectivity index (χ0v) is 13.3. The Labute approximate surface area is 128 Å². The number of hydrogen-bond acceptors (Lipinski definition) is 3. The van der Waals surface area contributed by atoms with Crippen LogP contribution in [0.3, 0.4) is 0 Å². The molecule has 0 amide bonds. The lowest BCUT2D eigenvalue weighted by Gasteiger charge is -2.51. The minimum atomic E-state index is -1.01. The lowest BCUT2D eigenvalue weighted by Crippen LogP contribution is -2.55. The largest absolute Gasteiger partial charge is 0.382 e. The van der Waals surface area contributed by atoms with Gasteiger partial charge in [0.05, 0.1) is 6.61 Å². The topological polar surface area (TPSA) is 55.5 Å². The lowest BCUT2D eigenvalue weighted by molar-refractivity contribution is -0.150. The fourth-order valence-electron chi connectivity index (χ4n) is 4.03. The van der Waals surface area contributed by atoms with Crippen LogP contribution in [0.1, 0.15) is 44.6 Å². The fourth-order valence-corrected chi connectivity index (χ4v) is 4.03. The summed E-state index contributed by atoms with van der Waals surface area (Å²) in [5.41, 5.74) is 5.82. The van der Waals surface area contributed by atoms with Crippen LogP contribution in [0.2, 0.25) is 0 Å². The first-order valence-electron chi connectivity index (χ1n) is 8.09. The van der Waals surface area contributed by atoms with Crippen LogP contribution in [0.4, 0.5) is 0 Å². The molecule has 1 aromatic rings. The predicted octanol–water partition coefficient (Wildman–Crippen LogP) is 3.07. The molecular weight excluding hydrogens is 262 g/mol. The fraction of sp³-hybridized carbons (Fsp3) is 0.667. The highest BCUT2D eigenvalue weighted by Crippen LogP contribution is 2.51. The van der Waals surface area contributed by atoms with Crippen molar-refractivity contribution < 1.29 is 9.84 Å². The first-order valence-corrected chi connectivity index (χ1v) is 8.09. The Kier molecular flexibility index (Phi) is 5.42. The molecule has 0 bridgehead atoms. The minimum absolute atomic E-state index is 0.288. The van der Waals surface area contributed by atoms with Gasteiger partial charge in [0.2, 0.25) is 0 Å². The zero-order chi connectivity index (χ0) is 15.3. The predicted molar refractivity (Wildman–Crippen MR) is 86.0 cm³/mol. The molecule has 1 aromatic carbocycles. The Bertz CT molecular complexity index is 436. The third-order valence-electron chi connectivity index (χ3n) is 5.40. The van der Waals surface area contributed by atoms with E-state index in [9.17, 15) is 5.11 Å². The summed E-state index contributed by atoms with van der Waals surface area (Å²) in [6, 6.07) is 9.90. The number of benzene rings is 1. The Morgan fingerprint density at radius 1 is 1.38 bits per heavy atom. The van der Waals surface area contributed by atoms with Gasteiger partial charge in [-0.1, -0.05) is 56.5 Å². The molecule has 0 radical (unpaired) electrons. The molecule has 3 N–H and O–H groups in total. The molecule has 3 unspecified atom stereocenters. The van der Waals surface area contributed by atoms with E-state index in [-0.39, 0.29) is 5.41 Å². The van der Waals surface area contributed by atoms with Crippen molar-refractivity contribution in [2.75, 3.05) is 20.3 Å². The van der Waals surface area contributed by atoms with Gasteiger partial charge < -0.3 is 15.6 Å². The summed E-state index contributed by atoms with van der Waals surface area (Å²) in [4.78, 5) is 0. The molecule has 0 aromatic heterocycles. The van der Waals surface area contributed by atoms with Crippen LogP contribution in [0, 0.1) is 11.3 Å². The third-order valence-corrected chi connectivity index (χ3v) is 5.40. The van der Waals surface area contributed by atoms with Crippen LogP contribution in [-0.2, 0) is 10.3 Å². The van der Waals surface area contributed by atoms with Crippen molar-refractivity contribution in [2.45, 2.75) is 44.6 Å². The van der Waals surface area contributed by atoms with Gasteiger partial charge in [-0.3, -0.25) is 0 Å². The molecule has 0 aliphatic heterocycles. The van der Waals surface area contributed by atoms with Crippen molar-refractivity contribution in [3.63, 3.8) is 0 Å². The van der Waals surface area contributed by atoms with Crippen LogP contribution in [-0.4, -0.2) is 25.4 Å². The van der Waals surface area contributed by atoms with Gasteiger partial charge in [-0.25, -0.2) is 0 Å². The van der Waals surface area contributed by atoms with Gasteiger partial charge in [0.1, 0.15) is 5.60 Å². The maximum atomic E-state index is 11.6. The first-order chi connectivity index (χ1) is 10.1. The van der Waals surface area contributed by atoms with Crippen LogP contribution in [0.15, 0.2) is 30.3 Å². The highest BCUT2D eigenvalue weighted by Gasteiger charge is 2.52. The maximum absolute atomic E-state index is 11.6. The third kappa shape index (κ3) is 3.01. The summed E-state index contributed by atoms with van der Waals surface area (Å²) in [6.07, 6.45) is 5.48. The van der Waals surface area contributed by atoms with E-state index < -0.39 is 5.60 Å². The second kappa shape index (κ2) is 6.91. The smallest absolute Gasteiger partial charge is 0.120 e. The molecule has 2 rings (SSSR count). The summed E-state index contributed by atoms with van der Waals surface area (Å²) in [5.74, 6) is 0.648. The maximum Gasteiger partial charge on any atom is 0.120 e. The van der Waals surface area contributed by atoms with E-state index >= 15 is 0 Å². The van der Waals surface area contributed by atoms with Gasteiger partial charge in [-0.05, 0) is 24.3 Å². The van der Waals surface area contributed by atoms with Gasteiger partial charge in [0.25, 0.3) is 0 Å². The van der Waals surface area contributed by atoms with Crippen LogP contribution < -0.4 is 5.73 Å². The van der Waals surface area contributed by atoms with E-state index in [1.165, 1.54) is 6.42 Å². The highest BCUT2D eigenvalue weighted by atomic mass is 16.5. The second-order valence-electron chi connectivity index (χ2n) is 6.51. The van der Waals surface area contributed by atoms with E-state index in [1.807, 2.05) is 30.3 Å². The molecule has 3 nitrogen and oxygen atoms in total. The number of hydrogen-bond donors (Lipinski definition) is 2. The van der Waals surface area contributed by atoms with Crippen LogP contribution in [0.25, 0.3) is 0 Å². The van der Waals surface area contributed by atoms with Gasteiger partial charge in [-0.2, -0.15) is 0 Å². The molecule has 118 valence electrons. The Morgan fingerprint density at radius 2 is 2.10 bits per heavy atom. The molecule has 1 aliphatic carbocycles. The molecule has 0 spiro atoms. The standard InChI is InChI=1S/C18H29NO2/c1-3-15-8-7-11-17(12-15,13-19)18(20,14-21-2)16-9-5-4-6-10-16/h4-6,9-10,15,20H,3,7-8,11-14,19H2,1-2H3. The zero-order valence-electron chi connectivity index (χ0n) is 13.3. The average Bonchev–Trinajstić information content (AvgIpc) is 2.55. The lowest BCUT2D eigenvalue weighted by atomic mass is 9.58. The molecular formula is C18H29NO2.